The molecule has 0 unspecified atom stereocenters. The number of ether oxygens (including phenoxy) is 1. The van der Waals surface area contributed by atoms with Crippen LogP contribution in [0, 0.1) is 29.5 Å². The summed E-state index contributed by atoms with van der Waals surface area (Å²) in [6.45, 7) is 4.95. The van der Waals surface area contributed by atoms with Gasteiger partial charge >= 0.3 is 0 Å². The lowest BCUT2D eigenvalue weighted by molar-refractivity contribution is 0.111. The van der Waals surface area contributed by atoms with Crippen LogP contribution in [0.2, 0.25) is 0 Å². The summed E-state index contributed by atoms with van der Waals surface area (Å²) in [6.07, 6.45) is 12.3. The van der Waals surface area contributed by atoms with E-state index in [2.05, 4.69) is 32.1 Å². The van der Waals surface area contributed by atoms with Gasteiger partial charge in [-0.2, -0.15) is 15.2 Å². The van der Waals surface area contributed by atoms with Gasteiger partial charge < -0.3 is 24.6 Å². The van der Waals surface area contributed by atoms with Crippen molar-refractivity contribution in [2.45, 2.75) is 50.2 Å². The third kappa shape index (κ3) is 4.89. The maximum Gasteiger partial charge on any atom is 0.247 e. The molecule has 10 nitrogen and oxygen atoms in total. The Kier molecular flexibility index (Phi) is 7.00. The number of fused-ring (bicyclic) bond motifs is 3. The molecule has 2 aromatic heterocycles. The van der Waals surface area contributed by atoms with Gasteiger partial charge in [0.15, 0.2) is 11.2 Å². The van der Waals surface area contributed by atoms with E-state index < -0.39 is 5.82 Å². The van der Waals surface area contributed by atoms with Crippen LogP contribution in [0.4, 0.5) is 10.3 Å². The van der Waals surface area contributed by atoms with Crippen molar-refractivity contribution < 1.29 is 14.2 Å². The van der Waals surface area contributed by atoms with E-state index in [1.165, 1.54) is 18.9 Å². The van der Waals surface area contributed by atoms with Crippen molar-refractivity contribution in [2.24, 2.45) is 0 Å². The third-order valence-corrected chi connectivity index (χ3v) is 9.20. The van der Waals surface area contributed by atoms with Crippen molar-refractivity contribution >= 4 is 27.9 Å². The molecule has 3 saturated heterocycles. The molecule has 0 aliphatic carbocycles. The Balaban J connectivity index is 1.30. The first-order valence-electron chi connectivity index (χ1n) is 14.8. The predicted molar refractivity (Wildman–Crippen MR) is 160 cm³/mol. The van der Waals surface area contributed by atoms with Crippen LogP contribution in [-0.4, -0.2) is 80.4 Å². The van der Waals surface area contributed by atoms with E-state index in [1.54, 1.807) is 24.5 Å². The Bertz CT molecular complexity index is 1780. The third-order valence-electron chi connectivity index (χ3n) is 9.20. The van der Waals surface area contributed by atoms with E-state index in [0.717, 1.165) is 25.9 Å². The molecule has 3 aliphatic rings. The number of phenolic OH excluding ortho intramolecular Hbond substituents is 1. The fourth-order valence-electron chi connectivity index (χ4n) is 7.14. The maximum absolute atomic E-state index is 14.7. The van der Waals surface area contributed by atoms with Crippen LogP contribution in [0.1, 0.15) is 43.2 Å². The van der Waals surface area contributed by atoms with Crippen LogP contribution >= 0.6 is 0 Å². The zero-order valence-corrected chi connectivity index (χ0v) is 23.9. The summed E-state index contributed by atoms with van der Waals surface area (Å²) < 4.78 is 23.1. The standard InChI is InChI=1S/C32H33FN8O2/c1-2-25-26(33)6-5-21-15-24(42)16-22(27(21)25)17-40-20-36-28-29(40)37-31(39-14-11-35-23(18-39)7-10-34)38-30(28)43-19-32-8-3-12-41(32)13-4-9-32/h1,5-6,15-16,20,23,35,42H,3-4,7-9,11-14,17-19H2/t23-/m0/s1. The topological polar surface area (TPSA) is 115 Å². The summed E-state index contributed by atoms with van der Waals surface area (Å²) in [5.41, 5.74) is 1.94. The van der Waals surface area contributed by atoms with Crippen molar-refractivity contribution in [2.75, 3.05) is 44.2 Å². The summed E-state index contributed by atoms with van der Waals surface area (Å²) in [7, 11) is 0. The zero-order valence-electron chi connectivity index (χ0n) is 23.9. The van der Waals surface area contributed by atoms with Crippen molar-refractivity contribution in [3.8, 4) is 30.0 Å². The number of terminal acetylenes is 1. The van der Waals surface area contributed by atoms with Crippen LogP contribution < -0.4 is 15.0 Å². The van der Waals surface area contributed by atoms with Crippen LogP contribution in [0.5, 0.6) is 11.6 Å². The molecule has 2 N–H and O–H groups in total. The van der Waals surface area contributed by atoms with E-state index in [1.807, 2.05) is 4.57 Å². The number of nitrogens with zero attached hydrogens (tertiary/aromatic N) is 7. The molecule has 0 bridgehead atoms. The van der Waals surface area contributed by atoms with Crippen LogP contribution in [-0.2, 0) is 6.54 Å². The minimum Gasteiger partial charge on any atom is -0.508 e. The smallest absolute Gasteiger partial charge is 0.247 e. The summed E-state index contributed by atoms with van der Waals surface area (Å²) in [5.74, 6) is 2.99. The fraction of sp³-hybridized carbons (Fsp3) is 0.438. The van der Waals surface area contributed by atoms with Crippen molar-refractivity contribution in [3.63, 3.8) is 0 Å². The molecule has 0 radical (unpaired) electrons. The Hall–Kier alpha value is -4.45. The average molecular weight is 581 g/mol. The highest BCUT2D eigenvalue weighted by Gasteiger charge is 2.45. The van der Waals surface area contributed by atoms with Crippen LogP contribution in [0.15, 0.2) is 30.6 Å². The van der Waals surface area contributed by atoms with Gasteiger partial charge in [-0.1, -0.05) is 12.0 Å². The number of hydrogen-bond donors (Lipinski definition) is 2. The molecule has 2 aromatic carbocycles. The van der Waals surface area contributed by atoms with Crippen molar-refractivity contribution in [1.29, 1.82) is 5.26 Å². The van der Waals surface area contributed by atoms with Crippen molar-refractivity contribution in [1.82, 2.24) is 29.7 Å². The quantitative estimate of drug-likeness (QED) is 0.317. The summed E-state index contributed by atoms with van der Waals surface area (Å²) in [4.78, 5) is 19.1. The molecule has 1 atom stereocenters. The number of rotatable bonds is 7. The lowest BCUT2D eigenvalue weighted by Crippen LogP contribution is -2.51. The van der Waals surface area contributed by atoms with E-state index in [9.17, 15) is 14.8 Å². The first kappa shape index (κ1) is 27.4. The molecule has 11 heteroatoms. The lowest BCUT2D eigenvalue weighted by atomic mass is 9.95. The SMILES string of the molecule is C#Cc1c(F)ccc2cc(O)cc(Cn3cnc4c(OCC56CCCN5CCC6)nc(N5CCN[C@@H](CC#N)C5)nc43)c12. The highest BCUT2D eigenvalue weighted by atomic mass is 19.1. The van der Waals surface area contributed by atoms with Gasteiger partial charge in [-0.15, -0.1) is 6.42 Å². The van der Waals surface area contributed by atoms with E-state index in [-0.39, 0.29) is 29.4 Å². The van der Waals surface area contributed by atoms with Gasteiger partial charge in [0.2, 0.25) is 11.8 Å². The number of imidazole rings is 1. The van der Waals surface area contributed by atoms with Crippen molar-refractivity contribution in [3.05, 3.63) is 47.5 Å². The van der Waals surface area contributed by atoms with Gasteiger partial charge in [0.05, 0.1) is 36.5 Å². The predicted octanol–water partition coefficient (Wildman–Crippen LogP) is 3.55. The number of aromatic nitrogens is 4. The van der Waals surface area contributed by atoms with Gasteiger partial charge in [-0.05, 0) is 67.9 Å². The number of phenols is 1. The van der Waals surface area contributed by atoms with Gasteiger partial charge in [0.25, 0.3) is 0 Å². The summed E-state index contributed by atoms with van der Waals surface area (Å²) >= 11 is 0. The Morgan fingerprint density at radius 1 is 1.19 bits per heavy atom. The summed E-state index contributed by atoms with van der Waals surface area (Å²) in [6, 6.07) is 8.37. The minimum atomic E-state index is -0.490. The molecule has 7 rings (SSSR count). The van der Waals surface area contributed by atoms with Gasteiger partial charge in [-0.25, -0.2) is 9.37 Å². The second-order valence-corrected chi connectivity index (χ2v) is 11.8. The Morgan fingerprint density at radius 2 is 2.02 bits per heavy atom. The number of benzene rings is 2. The number of piperazine rings is 1. The average Bonchev–Trinajstić information content (AvgIpc) is 3.71. The maximum atomic E-state index is 14.7. The molecular weight excluding hydrogens is 547 g/mol. The normalized spacial score (nSPS) is 19.9. The van der Waals surface area contributed by atoms with Crippen LogP contribution in [0.25, 0.3) is 21.9 Å². The molecule has 0 amide bonds. The van der Waals surface area contributed by atoms with Gasteiger partial charge in [0.1, 0.15) is 18.2 Å². The number of anilines is 1. The number of halogens is 1. The highest BCUT2D eigenvalue weighted by Crippen LogP contribution is 2.40. The molecule has 3 fully saturated rings. The number of nitriles is 1. The molecule has 4 aromatic rings. The van der Waals surface area contributed by atoms with Gasteiger partial charge in [0, 0.05) is 31.1 Å². The molecule has 220 valence electrons. The monoisotopic (exact) mass is 580 g/mol. The Labute approximate surface area is 249 Å². The number of aromatic hydroxyl groups is 1. The molecule has 43 heavy (non-hydrogen) atoms. The lowest BCUT2D eigenvalue weighted by Gasteiger charge is -2.33. The number of hydrogen-bond acceptors (Lipinski definition) is 9. The largest absolute Gasteiger partial charge is 0.508 e. The molecule has 0 spiro atoms. The van der Waals surface area contributed by atoms with Crippen LogP contribution in [0.3, 0.4) is 0 Å². The minimum absolute atomic E-state index is 0.00693. The first-order chi connectivity index (χ1) is 21.0. The van der Waals surface area contributed by atoms with E-state index >= 15 is 0 Å². The highest BCUT2D eigenvalue weighted by molar-refractivity contribution is 5.92. The molecular formula is C32H33FN8O2. The zero-order chi connectivity index (χ0) is 29.6. The first-order valence-corrected chi connectivity index (χ1v) is 14.8. The number of nitrogens with one attached hydrogen (secondary N) is 1. The fourth-order valence-corrected chi connectivity index (χ4v) is 7.14. The van der Waals surface area contributed by atoms with E-state index in [4.69, 9.17) is 21.1 Å². The van der Waals surface area contributed by atoms with Gasteiger partial charge in [-0.3, -0.25) is 4.90 Å². The molecule has 0 saturated carbocycles. The molecule has 5 heterocycles. The summed E-state index contributed by atoms with van der Waals surface area (Å²) in [5, 5.41) is 24.4. The van der Waals surface area contributed by atoms with E-state index in [0.29, 0.717) is 72.0 Å². The molecule has 3 aliphatic heterocycles. The Morgan fingerprint density at radius 3 is 2.81 bits per heavy atom. The second-order valence-electron chi connectivity index (χ2n) is 11.8. The second kappa shape index (κ2) is 11.0.